The molecule has 2 heteroatoms. The SMILES string of the molecule is CCC(C)OCC1CO1.c1ccccc1. The number of hydrogen-bond donors (Lipinski definition) is 0. The van der Waals surface area contributed by atoms with Crippen molar-refractivity contribution in [2.75, 3.05) is 13.2 Å². The molecule has 2 rings (SSSR count). The Morgan fingerprint density at radius 3 is 2.00 bits per heavy atom. The van der Waals surface area contributed by atoms with Gasteiger partial charge in [-0.3, -0.25) is 0 Å². The van der Waals surface area contributed by atoms with Gasteiger partial charge in [0, 0.05) is 0 Å². The molecule has 0 amide bonds. The molecular formula is C13H20O2. The number of benzene rings is 1. The summed E-state index contributed by atoms with van der Waals surface area (Å²) in [6, 6.07) is 12.0. The first-order chi connectivity index (χ1) is 7.33. The van der Waals surface area contributed by atoms with Crippen LogP contribution in [-0.2, 0) is 9.47 Å². The van der Waals surface area contributed by atoms with Crippen LogP contribution in [0.5, 0.6) is 0 Å². The first-order valence-electron chi connectivity index (χ1n) is 5.56. The third-order valence-corrected chi connectivity index (χ3v) is 2.21. The average Bonchev–Trinajstić information content (AvgIpc) is 3.13. The summed E-state index contributed by atoms with van der Waals surface area (Å²) in [5, 5.41) is 0. The lowest BCUT2D eigenvalue weighted by Gasteiger charge is -2.07. The van der Waals surface area contributed by atoms with Crippen molar-refractivity contribution in [2.45, 2.75) is 32.5 Å². The molecule has 1 aromatic carbocycles. The van der Waals surface area contributed by atoms with Crippen molar-refractivity contribution in [3.8, 4) is 0 Å². The zero-order chi connectivity index (χ0) is 10.9. The van der Waals surface area contributed by atoms with Crippen molar-refractivity contribution in [1.82, 2.24) is 0 Å². The third kappa shape index (κ3) is 7.11. The molecule has 0 radical (unpaired) electrons. The molecule has 1 aliphatic heterocycles. The normalized spacial score (nSPS) is 20.0. The van der Waals surface area contributed by atoms with Crippen LogP contribution >= 0.6 is 0 Å². The molecule has 0 aromatic heterocycles. The van der Waals surface area contributed by atoms with Crippen molar-refractivity contribution in [1.29, 1.82) is 0 Å². The van der Waals surface area contributed by atoms with Crippen molar-refractivity contribution >= 4 is 0 Å². The number of hydrogen-bond acceptors (Lipinski definition) is 2. The summed E-state index contributed by atoms with van der Waals surface area (Å²) in [7, 11) is 0. The van der Waals surface area contributed by atoms with E-state index in [1.54, 1.807) is 0 Å². The predicted octanol–water partition coefficient (Wildman–Crippen LogP) is 2.89. The molecule has 1 heterocycles. The fourth-order valence-electron chi connectivity index (χ4n) is 0.939. The molecule has 2 unspecified atom stereocenters. The molecule has 0 aliphatic carbocycles. The molecule has 1 saturated heterocycles. The summed E-state index contributed by atoms with van der Waals surface area (Å²) in [4.78, 5) is 0. The van der Waals surface area contributed by atoms with Crippen LogP contribution in [0.2, 0.25) is 0 Å². The average molecular weight is 208 g/mol. The second kappa shape index (κ2) is 7.43. The van der Waals surface area contributed by atoms with Gasteiger partial charge in [0.05, 0.1) is 19.3 Å². The molecule has 1 aromatic rings. The van der Waals surface area contributed by atoms with Crippen LogP contribution in [0.4, 0.5) is 0 Å². The predicted molar refractivity (Wildman–Crippen MR) is 61.9 cm³/mol. The Kier molecular flexibility index (Phi) is 6.05. The Morgan fingerprint density at radius 2 is 1.67 bits per heavy atom. The van der Waals surface area contributed by atoms with Crippen LogP contribution in [-0.4, -0.2) is 25.4 Å². The van der Waals surface area contributed by atoms with Gasteiger partial charge in [0.15, 0.2) is 0 Å². The molecule has 15 heavy (non-hydrogen) atoms. The molecule has 84 valence electrons. The van der Waals surface area contributed by atoms with Gasteiger partial charge in [-0.25, -0.2) is 0 Å². The third-order valence-electron chi connectivity index (χ3n) is 2.21. The van der Waals surface area contributed by atoms with E-state index in [1.807, 2.05) is 36.4 Å². The van der Waals surface area contributed by atoms with E-state index in [4.69, 9.17) is 9.47 Å². The van der Waals surface area contributed by atoms with Gasteiger partial charge in [-0.2, -0.15) is 0 Å². The first kappa shape index (κ1) is 12.2. The van der Waals surface area contributed by atoms with Crippen LogP contribution in [0.25, 0.3) is 0 Å². The van der Waals surface area contributed by atoms with E-state index in [0.717, 1.165) is 19.6 Å². The molecule has 0 N–H and O–H groups in total. The second-order valence-corrected chi connectivity index (χ2v) is 3.66. The highest BCUT2D eigenvalue weighted by atomic mass is 16.6. The zero-order valence-electron chi connectivity index (χ0n) is 9.56. The van der Waals surface area contributed by atoms with E-state index < -0.39 is 0 Å². The van der Waals surface area contributed by atoms with Crippen molar-refractivity contribution in [2.24, 2.45) is 0 Å². The van der Waals surface area contributed by atoms with Gasteiger partial charge in [0.25, 0.3) is 0 Å². The second-order valence-electron chi connectivity index (χ2n) is 3.66. The first-order valence-corrected chi connectivity index (χ1v) is 5.56. The van der Waals surface area contributed by atoms with E-state index in [1.165, 1.54) is 0 Å². The number of rotatable bonds is 4. The molecule has 1 fully saturated rings. The minimum absolute atomic E-state index is 0.397. The fraction of sp³-hybridized carbons (Fsp3) is 0.538. The smallest absolute Gasteiger partial charge is 0.104 e. The Balaban J connectivity index is 0.000000162. The van der Waals surface area contributed by atoms with Gasteiger partial charge in [-0.15, -0.1) is 0 Å². The number of epoxide rings is 1. The Hall–Kier alpha value is -0.860. The standard InChI is InChI=1S/C7H14O2.C6H6/c1-3-6(2)8-4-7-5-9-7;1-2-4-6-5-3-1/h6-7H,3-5H2,1-2H3;1-6H. The van der Waals surface area contributed by atoms with Crippen LogP contribution in [0.3, 0.4) is 0 Å². The van der Waals surface area contributed by atoms with E-state index in [2.05, 4.69) is 13.8 Å². The van der Waals surface area contributed by atoms with Gasteiger partial charge in [0.1, 0.15) is 6.10 Å². The van der Waals surface area contributed by atoms with E-state index in [-0.39, 0.29) is 0 Å². The van der Waals surface area contributed by atoms with Crippen molar-refractivity contribution < 1.29 is 9.47 Å². The molecule has 0 bridgehead atoms. The van der Waals surface area contributed by atoms with E-state index in [0.29, 0.717) is 12.2 Å². The molecule has 2 atom stereocenters. The highest BCUT2D eigenvalue weighted by molar-refractivity contribution is 4.99. The quantitative estimate of drug-likeness (QED) is 0.710. The highest BCUT2D eigenvalue weighted by Gasteiger charge is 2.22. The number of ether oxygens (including phenoxy) is 2. The van der Waals surface area contributed by atoms with Gasteiger partial charge in [-0.05, 0) is 13.3 Å². The summed E-state index contributed by atoms with van der Waals surface area (Å²) in [6.45, 7) is 5.90. The van der Waals surface area contributed by atoms with Gasteiger partial charge in [0.2, 0.25) is 0 Å². The minimum atomic E-state index is 0.397. The molecule has 0 saturated carbocycles. The monoisotopic (exact) mass is 208 g/mol. The molecular weight excluding hydrogens is 188 g/mol. The lowest BCUT2D eigenvalue weighted by molar-refractivity contribution is 0.0523. The summed E-state index contributed by atoms with van der Waals surface area (Å²) < 4.78 is 10.4. The maximum absolute atomic E-state index is 5.39. The van der Waals surface area contributed by atoms with E-state index in [9.17, 15) is 0 Å². The largest absolute Gasteiger partial charge is 0.376 e. The molecule has 1 aliphatic rings. The Labute approximate surface area is 92.2 Å². The van der Waals surface area contributed by atoms with Crippen LogP contribution < -0.4 is 0 Å². The molecule has 0 spiro atoms. The van der Waals surface area contributed by atoms with Crippen molar-refractivity contribution in [3.05, 3.63) is 36.4 Å². The van der Waals surface area contributed by atoms with Gasteiger partial charge >= 0.3 is 0 Å². The van der Waals surface area contributed by atoms with Gasteiger partial charge in [-0.1, -0.05) is 43.3 Å². The Bertz CT molecular complexity index is 205. The van der Waals surface area contributed by atoms with Crippen LogP contribution in [0.15, 0.2) is 36.4 Å². The Morgan fingerprint density at radius 1 is 1.20 bits per heavy atom. The lowest BCUT2D eigenvalue weighted by atomic mass is 10.3. The fourth-order valence-corrected chi connectivity index (χ4v) is 0.939. The zero-order valence-corrected chi connectivity index (χ0v) is 9.56. The molecule has 2 nitrogen and oxygen atoms in total. The highest BCUT2D eigenvalue weighted by Crippen LogP contribution is 2.10. The van der Waals surface area contributed by atoms with E-state index >= 15 is 0 Å². The summed E-state index contributed by atoms with van der Waals surface area (Å²) >= 11 is 0. The van der Waals surface area contributed by atoms with Crippen molar-refractivity contribution in [3.63, 3.8) is 0 Å². The van der Waals surface area contributed by atoms with Crippen LogP contribution in [0.1, 0.15) is 20.3 Å². The maximum atomic E-state index is 5.39. The lowest BCUT2D eigenvalue weighted by Crippen LogP contribution is -2.10. The summed E-state index contributed by atoms with van der Waals surface area (Å²) in [5.74, 6) is 0. The van der Waals surface area contributed by atoms with Gasteiger partial charge < -0.3 is 9.47 Å². The maximum Gasteiger partial charge on any atom is 0.104 e. The summed E-state index contributed by atoms with van der Waals surface area (Å²) in [6.07, 6.45) is 1.90. The topological polar surface area (TPSA) is 21.8 Å². The minimum Gasteiger partial charge on any atom is -0.376 e. The van der Waals surface area contributed by atoms with Crippen LogP contribution in [0, 0.1) is 0 Å². The summed E-state index contributed by atoms with van der Waals surface area (Å²) in [5.41, 5.74) is 0.